The van der Waals surface area contributed by atoms with Crippen LogP contribution in [0.4, 0.5) is 0 Å². The monoisotopic (exact) mass is 411 g/mol. The lowest BCUT2D eigenvalue weighted by Crippen LogP contribution is -2.45. The molecule has 146 valence electrons. The van der Waals surface area contributed by atoms with Crippen molar-refractivity contribution < 1.29 is 4.74 Å². The van der Waals surface area contributed by atoms with E-state index in [1.54, 1.807) is 22.4 Å². The molecule has 1 fully saturated rings. The SMILES string of the molecule is CCc1cc2c(s1)CCOC21CCN(Cc2csc(-c3cccnc3)n2)CC1. The number of rotatable bonds is 4. The van der Waals surface area contributed by atoms with Gasteiger partial charge in [-0.1, -0.05) is 6.92 Å². The predicted molar refractivity (Wildman–Crippen MR) is 115 cm³/mol. The van der Waals surface area contributed by atoms with Gasteiger partial charge in [0.25, 0.3) is 0 Å². The standard InChI is InChI=1S/C22H25N3OS2/c1-2-18-12-19-20(28-18)5-11-26-22(19)6-9-25(10-7-22)14-17-15-27-21(24-17)16-4-3-8-23-13-16/h3-4,8,12-13,15H,2,5-7,9-11,14H2,1H3. The van der Waals surface area contributed by atoms with Crippen molar-refractivity contribution in [3.05, 3.63) is 57.0 Å². The molecule has 0 aromatic carbocycles. The molecular weight excluding hydrogens is 386 g/mol. The van der Waals surface area contributed by atoms with Crippen LogP contribution in [-0.4, -0.2) is 34.6 Å². The Morgan fingerprint density at radius 1 is 1.29 bits per heavy atom. The summed E-state index contributed by atoms with van der Waals surface area (Å²) in [4.78, 5) is 14.6. The summed E-state index contributed by atoms with van der Waals surface area (Å²) in [6, 6.07) is 6.46. The number of nitrogens with zero attached hydrogens (tertiary/aromatic N) is 3. The summed E-state index contributed by atoms with van der Waals surface area (Å²) >= 11 is 3.71. The summed E-state index contributed by atoms with van der Waals surface area (Å²) < 4.78 is 6.41. The van der Waals surface area contributed by atoms with Crippen LogP contribution in [0.25, 0.3) is 10.6 Å². The Kier molecular flexibility index (Phi) is 5.05. The van der Waals surface area contributed by atoms with E-state index < -0.39 is 0 Å². The van der Waals surface area contributed by atoms with E-state index in [0.717, 1.165) is 68.2 Å². The molecule has 5 rings (SSSR count). The lowest BCUT2D eigenvalue weighted by molar-refractivity contribution is -0.0981. The largest absolute Gasteiger partial charge is 0.370 e. The van der Waals surface area contributed by atoms with Crippen molar-refractivity contribution in [3.8, 4) is 10.6 Å². The second-order valence-corrected chi connectivity index (χ2v) is 9.74. The summed E-state index contributed by atoms with van der Waals surface area (Å²) in [7, 11) is 0. The third-order valence-corrected chi connectivity index (χ3v) is 8.20. The lowest BCUT2D eigenvalue weighted by Gasteiger charge is -2.44. The molecule has 6 heteroatoms. The summed E-state index contributed by atoms with van der Waals surface area (Å²) in [6.45, 7) is 6.18. The lowest BCUT2D eigenvalue weighted by atomic mass is 9.82. The quantitative estimate of drug-likeness (QED) is 0.612. The topological polar surface area (TPSA) is 38.2 Å². The number of hydrogen-bond donors (Lipinski definition) is 0. The van der Waals surface area contributed by atoms with Gasteiger partial charge in [0.05, 0.1) is 17.9 Å². The molecule has 4 nitrogen and oxygen atoms in total. The van der Waals surface area contributed by atoms with Gasteiger partial charge in [0.2, 0.25) is 0 Å². The first kappa shape index (κ1) is 18.4. The average molecular weight is 412 g/mol. The second kappa shape index (κ2) is 7.67. The molecule has 1 spiro atoms. The van der Waals surface area contributed by atoms with Crippen LogP contribution in [0, 0.1) is 0 Å². The molecule has 3 aromatic rings. The molecule has 0 saturated carbocycles. The van der Waals surface area contributed by atoms with Gasteiger partial charge in [0.1, 0.15) is 5.01 Å². The van der Waals surface area contributed by atoms with Crippen molar-refractivity contribution in [1.29, 1.82) is 0 Å². The van der Waals surface area contributed by atoms with Gasteiger partial charge >= 0.3 is 0 Å². The van der Waals surface area contributed by atoms with E-state index in [1.807, 2.05) is 23.6 Å². The van der Waals surface area contributed by atoms with E-state index >= 15 is 0 Å². The van der Waals surface area contributed by atoms with Gasteiger partial charge in [-0.25, -0.2) is 4.98 Å². The maximum absolute atomic E-state index is 6.41. The van der Waals surface area contributed by atoms with E-state index in [2.05, 4.69) is 34.3 Å². The molecule has 1 saturated heterocycles. The molecule has 5 heterocycles. The average Bonchev–Trinajstić information content (AvgIpc) is 3.38. The van der Waals surface area contributed by atoms with Gasteiger partial charge in [0, 0.05) is 59.1 Å². The van der Waals surface area contributed by atoms with Crippen LogP contribution in [0.2, 0.25) is 0 Å². The maximum atomic E-state index is 6.41. The Morgan fingerprint density at radius 3 is 2.96 bits per heavy atom. The zero-order valence-electron chi connectivity index (χ0n) is 16.2. The molecular formula is C22H25N3OS2. The third-order valence-electron chi connectivity index (χ3n) is 5.92. The van der Waals surface area contributed by atoms with E-state index in [0.29, 0.717) is 0 Å². The number of pyridine rings is 1. The fourth-order valence-corrected chi connectivity index (χ4v) is 6.34. The van der Waals surface area contributed by atoms with E-state index in [1.165, 1.54) is 10.4 Å². The highest BCUT2D eigenvalue weighted by Crippen LogP contribution is 2.44. The fourth-order valence-electron chi connectivity index (χ4n) is 4.36. The van der Waals surface area contributed by atoms with Crippen LogP contribution in [0.1, 0.15) is 40.8 Å². The fraction of sp³-hybridized carbons (Fsp3) is 0.455. The zero-order valence-corrected chi connectivity index (χ0v) is 17.8. The minimum Gasteiger partial charge on any atom is -0.370 e. The Morgan fingerprint density at radius 2 is 2.18 bits per heavy atom. The maximum Gasteiger partial charge on any atom is 0.125 e. The first-order valence-electron chi connectivity index (χ1n) is 10.1. The first-order chi connectivity index (χ1) is 13.8. The minimum atomic E-state index is -0.0447. The van der Waals surface area contributed by atoms with Crippen molar-refractivity contribution in [2.24, 2.45) is 0 Å². The molecule has 0 bridgehead atoms. The molecule has 0 N–H and O–H groups in total. The molecule has 0 atom stereocenters. The second-order valence-electron chi connectivity index (χ2n) is 7.66. The highest BCUT2D eigenvalue weighted by Gasteiger charge is 2.41. The molecule has 0 unspecified atom stereocenters. The number of ether oxygens (including phenoxy) is 1. The van der Waals surface area contributed by atoms with Crippen molar-refractivity contribution in [1.82, 2.24) is 14.9 Å². The number of piperidine rings is 1. The van der Waals surface area contributed by atoms with Crippen molar-refractivity contribution in [3.63, 3.8) is 0 Å². The van der Waals surface area contributed by atoms with Crippen LogP contribution in [-0.2, 0) is 29.7 Å². The number of aromatic nitrogens is 2. The number of thiophene rings is 1. The van der Waals surface area contributed by atoms with Gasteiger partial charge in [-0.05, 0) is 43.0 Å². The Hall–Kier alpha value is -1.60. The molecule has 0 amide bonds. The number of aryl methyl sites for hydroxylation is 1. The predicted octanol–water partition coefficient (Wildman–Crippen LogP) is 4.89. The van der Waals surface area contributed by atoms with Crippen molar-refractivity contribution in [2.75, 3.05) is 19.7 Å². The van der Waals surface area contributed by atoms with E-state index in [-0.39, 0.29) is 5.60 Å². The normalized spacial score (nSPS) is 19.0. The third kappa shape index (κ3) is 3.43. The van der Waals surface area contributed by atoms with Gasteiger partial charge in [0.15, 0.2) is 0 Å². The molecule has 28 heavy (non-hydrogen) atoms. The van der Waals surface area contributed by atoms with Crippen molar-refractivity contribution >= 4 is 22.7 Å². The smallest absolute Gasteiger partial charge is 0.125 e. The number of hydrogen-bond acceptors (Lipinski definition) is 6. The first-order valence-corrected chi connectivity index (χ1v) is 11.8. The van der Waals surface area contributed by atoms with Gasteiger partial charge < -0.3 is 4.74 Å². The van der Waals surface area contributed by atoms with Crippen molar-refractivity contribution in [2.45, 2.75) is 44.8 Å². The number of fused-ring (bicyclic) bond motifs is 2. The van der Waals surface area contributed by atoms with Crippen LogP contribution < -0.4 is 0 Å². The van der Waals surface area contributed by atoms with Crippen LogP contribution in [0.15, 0.2) is 36.0 Å². The summed E-state index contributed by atoms with van der Waals surface area (Å²) in [5.74, 6) is 0. The highest BCUT2D eigenvalue weighted by molar-refractivity contribution is 7.13. The Bertz CT molecular complexity index is 942. The van der Waals surface area contributed by atoms with Crippen LogP contribution >= 0.6 is 22.7 Å². The van der Waals surface area contributed by atoms with E-state index in [9.17, 15) is 0 Å². The molecule has 0 radical (unpaired) electrons. The van der Waals surface area contributed by atoms with Crippen LogP contribution in [0.3, 0.4) is 0 Å². The van der Waals surface area contributed by atoms with Gasteiger partial charge in [-0.3, -0.25) is 9.88 Å². The van der Waals surface area contributed by atoms with Gasteiger partial charge in [-0.15, -0.1) is 22.7 Å². The van der Waals surface area contributed by atoms with E-state index in [4.69, 9.17) is 9.72 Å². The highest BCUT2D eigenvalue weighted by atomic mass is 32.1. The Labute approximate surface area is 174 Å². The molecule has 0 aliphatic carbocycles. The zero-order chi connectivity index (χ0) is 19.0. The molecule has 2 aliphatic heterocycles. The Balaban J connectivity index is 1.26. The number of likely N-dealkylation sites (tertiary alicyclic amines) is 1. The molecule has 3 aromatic heterocycles. The minimum absolute atomic E-state index is 0.0447. The number of thiazole rings is 1. The van der Waals surface area contributed by atoms with Crippen LogP contribution in [0.5, 0.6) is 0 Å². The molecule has 2 aliphatic rings. The van der Waals surface area contributed by atoms with Gasteiger partial charge in [-0.2, -0.15) is 0 Å². The summed E-state index contributed by atoms with van der Waals surface area (Å²) in [5, 5.41) is 3.25. The summed E-state index contributed by atoms with van der Waals surface area (Å²) in [6.07, 6.45) is 8.07. The summed E-state index contributed by atoms with van der Waals surface area (Å²) in [5.41, 5.74) is 3.71.